The maximum Gasteiger partial charge on any atom is 0.254 e. The number of allylic oxidation sites excluding steroid dienone is 1. The van der Waals surface area contributed by atoms with Gasteiger partial charge < -0.3 is 32.5 Å². The van der Waals surface area contributed by atoms with Crippen LogP contribution in [0, 0.1) is 5.92 Å². The zero-order valence-corrected chi connectivity index (χ0v) is 17.6. The van der Waals surface area contributed by atoms with Crippen LogP contribution in [0.3, 0.4) is 0 Å². The third kappa shape index (κ3) is 4.43. The van der Waals surface area contributed by atoms with Gasteiger partial charge >= 0.3 is 0 Å². The SMILES string of the molecule is NC(N)=C(/C=C(\N)c1ccccc1O)N1CC2CCC(C1)N2CC1CNCCC1(F)F. The van der Waals surface area contributed by atoms with E-state index >= 15 is 0 Å². The molecule has 3 atom stereocenters. The zero-order chi connectivity index (χ0) is 22.2. The number of para-hydroxylation sites is 1. The van der Waals surface area contributed by atoms with Crippen molar-refractivity contribution >= 4 is 5.70 Å². The number of phenols is 1. The van der Waals surface area contributed by atoms with E-state index in [0.717, 1.165) is 12.8 Å². The van der Waals surface area contributed by atoms with Crippen molar-refractivity contribution in [2.75, 3.05) is 32.7 Å². The second kappa shape index (κ2) is 8.55. The molecule has 0 amide bonds. The van der Waals surface area contributed by atoms with Crippen LogP contribution < -0.4 is 22.5 Å². The summed E-state index contributed by atoms with van der Waals surface area (Å²) in [5.41, 5.74) is 19.7. The Bertz CT molecular complexity index is 855. The Labute approximate surface area is 181 Å². The van der Waals surface area contributed by atoms with E-state index in [4.69, 9.17) is 17.2 Å². The van der Waals surface area contributed by atoms with Crippen molar-refractivity contribution in [2.24, 2.45) is 23.1 Å². The molecule has 1 aromatic carbocycles. The van der Waals surface area contributed by atoms with Gasteiger partial charge in [0.05, 0.1) is 5.70 Å². The number of nitrogens with zero attached hydrogens (tertiary/aromatic N) is 2. The summed E-state index contributed by atoms with van der Waals surface area (Å²) in [5, 5.41) is 13.2. The Morgan fingerprint density at radius 3 is 2.45 bits per heavy atom. The average Bonchev–Trinajstić information content (AvgIpc) is 2.94. The molecule has 0 aromatic heterocycles. The van der Waals surface area contributed by atoms with Crippen molar-refractivity contribution in [1.29, 1.82) is 0 Å². The Balaban J connectivity index is 1.50. The maximum absolute atomic E-state index is 14.4. The van der Waals surface area contributed by atoms with E-state index in [2.05, 4.69) is 15.1 Å². The lowest BCUT2D eigenvalue weighted by molar-refractivity contribution is -0.0947. The van der Waals surface area contributed by atoms with Crippen LogP contribution in [-0.2, 0) is 0 Å². The molecule has 3 saturated heterocycles. The number of fused-ring (bicyclic) bond motifs is 2. The van der Waals surface area contributed by atoms with E-state index in [1.165, 1.54) is 0 Å². The highest BCUT2D eigenvalue weighted by atomic mass is 19.3. The zero-order valence-electron chi connectivity index (χ0n) is 17.6. The molecule has 2 bridgehead atoms. The predicted octanol–water partition coefficient (Wildman–Crippen LogP) is 1.17. The number of nitrogens with two attached hydrogens (primary N) is 3. The molecule has 3 aliphatic heterocycles. The van der Waals surface area contributed by atoms with Gasteiger partial charge in [-0.3, -0.25) is 4.90 Å². The first-order valence-corrected chi connectivity index (χ1v) is 10.9. The van der Waals surface area contributed by atoms with E-state index in [-0.39, 0.29) is 30.1 Å². The minimum absolute atomic E-state index is 0.0816. The second-order valence-electron chi connectivity index (χ2n) is 8.86. The first-order chi connectivity index (χ1) is 14.8. The van der Waals surface area contributed by atoms with Gasteiger partial charge in [0.25, 0.3) is 5.92 Å². The van der Waals surface area contributed by atoms with Crippen molar-refractivity contribution in [1.82, 2.24) is 15.1 Å². The smallest absolute Gasteiger partial charge is 0.254 e. The number of piperidine rings is 1. The number of nitrogens with one attached hydrogen (secondary N) is 1. The molecular weight excluding hydrogens is 402 g/mol. The molecule has 0 radical (unpaired) electrons. The number of aromatic hydroxyl groups is 1. The molecule has 0 spiro atoms. The van der Waals surface area contributed by atoms with Gasteiger partial charge in [-0.2, -0.15) is 0 Å². The summed E-state index contributed by atoms with van der Waals surface area (Å²) in [7, 11) is 0. The van der Waals surface area contributed by atoms with Crippen molar-refractivity contribution < 1.29 is 13.9 Å². The van der Waals surface area contributed by atoms with Crippen molar-refractivity contribution in [2.45, 2.75) is 37.3 Å². The molecule has 3 heterocycles. The largest absolute Gasteiger partial charge is 0.507 e. The Hall–Kier alpha value is -2.52. The fourth-order valence-electron chi connectivity index (χ4n) is 5.12. The van der Waals surface area contributed by atoms with E-state index in [1.807, 2.05) is 0 Å². The minimum Gasteiger partial charge on any atom is -0.507 e. The van der Waals surface area contributed by atoms with Crippen LogP contribution >= 0.6 is 0 Å². The molecule has 0 aliphatic carbocycles. The molecule has 9 heteroatoms. The van der Waals surface area contributed by atoms with Crippen LogP contribution in [0.4, 0.5) is 8.78 Å². The summed E-state index contributed by atoms with van der Waals surface area (Å²) in [6, 6.07) is 7.16. The second-order valence-corrected chi connectivity index (χ2v) is 8.86. The van der Waals surface area contributed by atoms with Crippen LogP contribution in [0.5, 0.6) is 5.75 Å². The minimum atomic E-state index is -2.62. The van der Waals surface area contributed by atoms with E-state index in [9.17, 15) is 13.9 Å². The number of hydrogen-bond acceptors (Lipinski definition) is 7. The number of piperazine rings is 1. The first-order valence-electron chi connectivity index (χ1n) is 10.9. The highest BCUT2D eigenvalue weighted by Gasteiger charge is 2.47. The average molecular weight is 435 g/mol. The van der Waals surface area contributed by atoms with Gasteiger partial charge in [-0.05, 0) is 31.1 Å². The number of phenolic OH excluding ortho intramolecular Hbond substituents is 1. The third-order valence-electron chi connectivity index (χ3n) is 6.83. The van der Waals surface area contributed by atoms with Crippen LogP contribution in [0.1, 0.15) is 24.8 Å². The number of rotatable bonds is 5. The van der Waals surface area contributed by atoms with Crippen LogP contribution in [-0.4, -0.2) is 65.6 Å². The molecule has 170 valence electrons. The topological polar surface area (TPSA) is 117 Å². The fourth-order valence-corrected chi connectivity index (χ4v) is 5.12. The third-order valence-corrected chi connectivity index (χ3v) is 6.83. The lowest BCUT2D eigenvalue weighted by Crippen LogP contribution is -2.58. The summed E-state index contributed by atoms with van der Waals surface area (Å²) >= 11 is 0. The Kier molecular flexibility index (Phi) is 5.98. The highest BCUT2D eigenvalue weighted by Crippen LogP contribution is 2.37. The van der Waals surface area contributed by atoms with Gasteiger partial charge in [0.2, 0.25) is 0 Å². The van der Waals surface area contributed by atoms with Crippen molar-refractivity contribution in [3.05, 3.63) is 47.4 Å². The molecule has 4 rings (SSSR count). The highest BCUT2D eigenvalue weighted by molar-refractivity contribution is 5.69. The number of benzene rings is 1. The van der Waals surface area contributed by atoms with Gasteiger partial charge in [-0.25, -0.2) is 8.78 Å². The molecule has 3 aliphatic rings. The number of halogens is 2. The van der Waals surface area contributed by atoms with Crippen molar-refractivity contribution in [3.63, 3.8) is 0 Å². The molecule has 0 saturated carbocycles. The monoisotopic (exact) mass is 434 g/mol. The van der Waals surface area contributed by atoms with Gasteiger partial charge in [-0.1, -0.05) is 12.1 Å². The fraction of sp³-hybridized carbons (Fsp3) is 0.545. The molecule has 1 aromatic rings. The summed E-state index contributed by atoms with van der Waals surface area (Å²) in [6.07, 6.45) is 3.52. The molecular formula is C22H32F2N6O. The van der Waals surface area contributed by atoms with Gasteiger partial charge in [0.15, 0.2) is 0 Å². The van der Waals surface area contributed by atoms with Gasteiger partial charge in [0.1, 0.15) is 11.6 Å². The van der Waals surface area contributed by atoms with Gasteiger partial charge in [-0.15, -0.1) is 0 Å². The standard InChI is InChI=1S/C22H32F2N6O/c23-22(24)7-8-28-10-14(22)11-30-15-5-6-16(30)13-29(12-15)19(21(26)27)9-18(25)17-3-1-2-4-20(17)31/h1-4,9,14-16,28,31H,5-8,10-13,25-27H2/b18-9-. The van der Waals surface area contributed by atoms with Crippen LogP contribution in [0.25, 0.3) is 5.70 Å². The van der Waals surface area contributed by atoms with E-state index in [1.54, 1.807) is 30.3 Å². The van der Waals surface area contributed by atoms with Crippen molar-refractivity contribution in [3.8, 4) is 5.75 Å². The summed E-state index contributed by atoms with van der Waals surface area (Å²) in [4.78, 5) is 4.35. The molecule has 7 nitrogen and oxygen atoms in total. The maximum atomic E-state index is 14.4. The van der Waals surface area contributed by atoms with Crippen LogP contribution in [0.2, 0.25) is 0 Å². The Morgan fingerprint density at radius 2 is 1.84 bits per heavy atom. The lowest BCUT2D eigenvalue weighted by atomic mass is 9.93. The van der Waals surface area contributed by atoms with E-state index < -0.39 is 11.8 Å². The van der Waals surface area contributed by atoms with Gasteiger partial charge in [0, 0.05) is 68.4 Å². The number of hydrogen-bond donors (Lipinski definition) is 5. The molecule has 31 heavy (non-hydrogen) atoms. The summed E-state index contributed by atoms with van der Waals surface area (Å²) < 4.78 is 28.8. The summed E-state index contributed by atoms with van der Waals surface area (Å²) in [5.74, 6) is -3.06. The van der Waals surface area contributed by atoms with Crippen LogP contribution in [0.15, 0.2) is 41.9 Å². The Morgan fingerprint density at radius 1 is 1.16 bits per heavy atom. The quantitative estimate of drug-likeness (QED) is 0.442. The summed E-state index contributed by atoms with van der Waals surface area (Å²) in [6.45, 7) is 2.43. The molecule has 3 unspecified atom stereocenters. The first kappa shape index (κ1) is 21.7. The molecule has 3 fully saturated rings. The number of alkyl halides is 2. The van der Waals surface area contributed by atoms with E-state index in [0.29, 0.717) is 49.7 Å². The molecule has 8 N–H and O–H groups in total. The number of likely N-dealkylation sites (tertiary alicyclic amines) is 1. The normalized spacial score (nSPS) is 28.5. The lowest BCUT2D eigenvalue weighted by Gasteiger charge is -2.45. The predicted molar refractivity (Wildman–Crippen MR) is 117 cm³/mol.